The summed E-state index contributed by atoms with van der Waals surface area (Å²) in [4.78, 5) is 4.59. The van der Waals surface area contributed by atoms with E-state index in [1.54, 1.807) is 11.3 Å². The van der Waals surface area contributed by atoms with Gasteiger partial charge in [0.05, 0.1) is 5.69 Å². The largest absolute Gasteiger partial charge is 0.487 e. The summed E-state index contributed by atoms with van der Waals surface area (Å²) in [5.74, 6) is 0.950. The first kappa shape index (κ1) is 16.0. The molecule has 0 fully saturated rings. The van der Waals surface area contributed by atoms with Gasteiger partial charge in [0.25, 0.3) is 0 Å². The Balaban J connectivity index is 2.02. The molecule has 0 radical (unpaired) electrons. The Bertz CT molecular complexity index is 572. The van der Waals surface area contributed by atoms with Crippen molar-refractivity contribution < 1.29 is 4.74 Å². The number of hydrogen-bond acceptors (Lipinski definition) is 4. The van der Waals surface area contributed by atoms with Crippen molar-refractivity contribution in [1.82, 2.24) is 10.3 Å². The number of rotatable bonds is 6. The van der Waals surface area contributed by atoms with Crippen molar-refractivity contribution in [2.45, 2.75) is 46.3 Å². The molecule has 0 atom stereocenters. The molecule has 0 aliphatic carbocycles. The topological polar surface area (TPSA) is 34.2 Å². The fourth-order valence-electron chi connectivity index (χ4n) is 2.09. The van der Waals surface area contributed by atoms with Crippen LogP contribution in [0.25, 0.3) is 0 Å². The fraction of sp³-hybridized carbons (Fsp3) is 0.471. The van der Waals surface area contributed by atoms with E-state index in [9.17, 15) is 0 Å². The Labute approximate surface area is 131 Å². The molecule has 21 heavy (non-hydrogen) atoms. The molecule has 0 spiro atoms. The summed E-state index contributed by atoms with van der Waals surface area (Å²) in [6.45, 7) is 11.0. The van der Waals surface area contributed by atoms with Gasteiger partial charge < -0.3 is 10.1 Å². The summed E-state index contributed by atoms with van der Waals surface area (Å²) >= 11 is 1.68. The number of ether oxygens (including phenoxy) is 1. The molecule has 4 heteroatoms. The normalized spacial score (nSPS) is 11.6. The molecule has 0 unspecified atom stereocenters. The predicted molar refractivity (Wildman–Crippen MR) is 89.0 cm³/mol. The van der Waals surface area contributed by atoms with Gasteiger partial charge in [-0.1, -0.05) is 45.9 Å². The Kier molecular flexibility index (Phi) is 5.37. The molecule has 0 amide bonds. The Morgan fingerprint density at radius 3 is 2.71 bits per heavy atom. The van der Waals surface area contributed by atoms with Gasteiger partial charge in [-0.3, -0.25) is 0 Å². The number of para-hydroxylation sites is 1. The summed E-state index contributed by atoms with van der Waals surface area (Å²) in [5.41, 5.74) is 2.30. The molecule has 1 heterocycles. The lowest BCUT2D eigenvalue weighted by Crippen LogP contribution is -2.13. The molecule has 0 aliphatic rings. The summed E-state index contributed by atoms with van der Waals surface area (Å²) in [5, 5.41) is 6.47. The van der Waals surface area contributed by atoms with Crippen molar-refractivity contribution in [2.24, 2.45) is 0 Å². The Morgan fingerprint density at radius 1 is 1.24 bits per heavy atom. The number of aromatic nitrogens is 1. The second-order valence-corrected chi connectivity index (χ2v) is 6.99. The van der Waals surface area contributed by atoms with E-state index in [0.717, 1.165) is 29.5 Å². The van der Waals surface area contributed by atoms with E-state index >= 15 is 0 Å². The third-order valence-electron chi connectivity index (χ3n) is 3.20. The van der Waals surface area contributed by atoms with Gasteiger partial charge in [0.15, 0.2) is 0 Å². The van der Waals surface area contributed by atoms with Crippen LogP contribution in [-0.2, 0) is 18.6 Å². The van der Waals surface area contributed by atoms with Crippen LogP contribution in [0.1, 0.15) is 44.0 Å². The second kappa shape index (κ2) is 7.05. The van der Waals surface area contributed by atoms with Gasteiger partial charge in [-0.2, -0.15) is 0 Å². The third kappa shape index (κ3) is 4.55. The molecular formula is C17H24N2OS. The van der Waals surface area contributed by atoms with Crippen LogP contribution in [0.4, 0.5) is 0 Å². The van der Waals surface area contributed by atoms with E-state index in [4.69, 9.17) is 4.74 Å². The monoisotopic (exact) mass is 304 g/mol. The summed E-state index contributed by atoms with van der Waals surface area (Å²) in [6.07, 6.45) is 0. The zero-order valence-corrected chi connectivity index (χ0v) is 14.1. The molecule has 1 aromatic heterocycles. The zero-order valence-electron chi connectivity index (χ0n) is 13.3. The number of benzene rings is 1. The number of thiazole rings is 1. The highest BCUT2D eigenvalue weighted by Crippen LogP contribution is 2.31. The first-order chi connectivity index (χ1) is 10.0. The molecule has 2 aromatic rings. The maximum absolute atomic E-state index is 5.99. The molecule has 0 saturated heterocycles. The van der Waals surface area contributed by atoms with Crippen LogP contribution in [0.2, 0.25) is 0 Å². The van der Waals surface area contributed by atoms with E-state index in [-0.39, 0.29) is 5.41 Å². The van der Waals surface area contributed by atoms with Gasteiger partial charge in [0.2, 0.25) is 0 Å². The minimum absolute atomic E-state index is 0.0782. The van der Waals surface area contributed by atoms with Crippen molar-refractivity contribution in [1.29, 1.82) is 0 Å². The van der Waals surface area contributed by atoms with Crippen molar-refractivity contribution in [3.63, 3.8) is 0 Å². The lowest BCUT2D eigenvalue weighted by molar-refractivity contribution is 0.293. The average Bonchev–Trinajstić information content (AvgIpc) is 2.90. The van der Waals surface area contributed by atoms with Crippen LogP contribution in [0, 0.1) is 0 Å². The summed E-state index contributed by atoms with van der Waals surface area (Å²) in [6, 6.07) is 8.24. The number of hydrogen-bond donors (Lipinski definition) is 1. The first-order valence-corrected chi connectivity index (χ1v) is 8.25. The minimum atomic E-state index is 0.0782. The molecule has 114 valence electrons. The molecule has 0 saturated carbocycles. The average molecular weight is 304 g/mol. The molecular weight excluding hydrogens is 280 g/mol. The van der Waals surface area contributed by atoms with E-state index in [2.05, 4.69) is 55.5 Å². The molecule has 1 N–H and O–H groups in total. The van der Waals surface area contributed by atoms with Crippen LogP contribution >= 0.6 is 11.3 Å². The van der Waals surface area contributed by atoms with Crippen molar-refractivity contribution in [3.05, 3.63) is 45.9 Å². The Hall–Kier alpha value is -1.39. The third-order valence-corrected chi connectivity index (χ3v) is 4.09. The van der Waals surface area contributed by atoms with Gasteiger partial charge in [-0.05, 0) is 23.6 Å². The molecule has 0 bridgehead atoms. The maximum atomic E-state index is 5.99. The Morgan fingerprint density at radius 2 is 2.00 bits per heavy atom. The highest BCUT2D eigenvalue weighted by Gasteiger charge is 2.18. The van der Waals surface area contributed by atoms with Crippen LogP contribution in [-0.4, -0.2) is 11.5 Å². The van der Waals surface area contributed by atoms with Crippen molar-refractivity contribution in [3.8, 4) is 5.75 Å². The minimum Gasteiger partial charge on any atom is -0.487 e. The van der Waals surface area contributed by atoms with Gasteiger partial charge in [-0.15, -0.1) is 11.3 Å². The fourth-order valence-corrected chi connectivity index (χ4v) is 2.84. The van der Waals surface area contributed by atoms with Gasteiger partial charge in [0.1, 0.15) is 17.4 Å². The van der Waals surface area contributed by atoms with Crippen molar-refractivity contribution >= 4 is 11.3 Å². The van der Waals surface area contributed by atoms with E-state index in [0.29, 0.717) is 6.61 Å². The highest BCUT2D eigenvalue weighted by molar-refractivity contribution is 7.09. The number of nitrogens with zero attached hydrogens (tertiary/aromatic N) is 1. The summed E-state index contributed by atoms with van der Waals surface area (Å²) < 4.78 is 5.99. The molecule has 0 aliphatic heterocycles. The first-order valence-electron chi connectivity index (χ1n) is 7.37. The maximum Gasteiger partial charge on any atom is 0.131 e. The second-order valence-electron chi connectivity index (χ2n) is 6.05. The molecule has 2 rings (SSSR count). The molecule has 3 nitrogen and oxygen atoms in total. The van der Waals surface area contributed by atoms with Gasteiger partial charge >= 0.3 is 0 Å². The highest BCUT2D eigenvalue weighted by atomic mass is 32.1. The smallest absolute Gasteiger partial charge is 0.131 e. The lowest BCUT2D eigenvalue weighted by Gasteiger charge is -2.22. The quantitative estimate of drug-likeness (QED) is 0.871. The number of nitrogens with one attached hydrogen (secondary N) is 1. The van der Waals surface area contributed by atoms with Gasteiger partial charge in [0, 0.05) is 11.9 Å². The van der Waals surface area contributed by atoms with E-state index in [1.807, 2.05) is 12.1 Å². The van der Waals surface area contributed by atoms with E-state index in [1.165, 1.54) is 5.56 Å². The van der Waals surface area contributed by atoms with Crippen molar-refractivity contribution in [2.75, 3.05) is 6.54 Å². The lowest BCUT2D eigenvalue weighted by atomic mass is 9.86. The van der Waals surface area contributed by atoms with E-state index < -0.39 is 0 Å². The standard InChI is InChI=1S/C17H24N2OS/c1-5-18-10-16-19-13(12-21-16)11-20-15-9-7-6-8-14(15)17(2,3)4/h6-9,12,18H,5,10-11H2,1-4H3. The zero-order chi connectivity index (χ0) is 15.3. The van der Waals surface area contributed by atoms with Crippen LogP contribution in [0.5, 0.6) is 5.75 Å². The SMILES string of the molecule is CCNCc1nc(COc2ccccc2C(C)(C)C)cs1. The van der Waals surface area contributed by atoms with Crippen LogP contribution in [0.15, 0.2) is 29.6 Å². The summed E-state index contributed by atoms with van der Waals surface area (Å²) in [7, 11) is 0. The van der Waals surface area contributed by atoms with Crippen LogP contribution < -0.4 is 10.1 Å². The molecule has 1 aromatic carbocycles. The van der Waals surface area contributed by atoms with Crippen LogP contribution in [0.3, 0.4) is 0 Å². The van der Waals surface area contributed by atoms with Gasteiger partial charge in [-0.25, -0.2) is 4.98 Å². The predicted octanol–water partition coefficient (Wildman–Crippen LogP) is 4.13.